The summed E-state index contributed by atoms with van der Waals surface area (Å²) in [7, 11) is 0. The van der Waals surface area contributed by atoms with Crippen molar-refractivity contribution >= 4 is 5.91 Å². The first kappa shape index (κ1) is 14.5. The number of fused-ring (bicyclic) bond motifs is 1. The van der Waals surface area contributed by atoms with Gasteiger partial charge < -0.3 is 9.42 Å². The van der Waals surface area contributed by atoms with Gasteiger partial charge in [0.25, 0.3) is 5.91 Å². The lowest BCUT2D eigenvalue weighted by Crippen LogP contribution is -2.33. The smallest absolute Gasteiger partial charge is 0.292 e. The van der Waals surface area contributed by atoms with E-state index in [1.807, 2.05) is 12.1 Å². The summed E-state index contributed by atoms with van der Waals surface area (Å²) in [5, 5.41) is 3.60. The molecule has 3 aromatic heterocycles. The molecule has 0 bridgehead atoms. The fourth-order valence-corrected chi connectivity index (χ4v) is 2.97. The second kappa shape index (κ2) is 6.19. The number of rotatable bonds is 2. The van der Waals surface area contributed by atoms with E-state index < -0.39 is 0 Å². The number of nitrogens with zero attached hydrogens (tertiary/aromatic N) is 5. The predicted octanol–water partition coefficient (Wildman–Crippen LogP) is 1.77. The largest absolute Gasteiger partial charge is 0.351 e. The van der Waals surface area contributed by atoms with Crippen LogP contribution in [0.5, 0.6) is 0 Å². The molecule has 0 unspecified atom stereocenters. The molecule has 0 spiro atoms. The highest BCUT2D eigenvalue weighted by atomic mass is 16.5. The molecule has 7 heteroatoms. The lowest BCUT2D eigenvalue weighted by Gasteiger charge is -2.18. The summed E-state index contributed by atoms with van der Waals surface area (Å²) < 4.78 is 4.98. The molecule has 0 N–H and O–H groups in total. The molecule has 0 atom stereocenters. The molecule has 0 aromatic carbocycles. The van der Waals surface area contributed by atoms with Gasteiger partial charge in [0.05, 0.1) is 11.9 Å². The number of carbonyl (C=O) groups excluding carboxylic acids is 1. The zero-order chi connectivity index (χ0) is 16.4. The van der Waals surface area contributed by atoms with Gasteiger partial charge in [0.2, 0.25) is 5.76 Å². The Hall–Kier alpha value is -3.09. The molecule has 24 heavy (non-hydrogen) atoms. The van der Waals surface area contributed by atoms with Gasteiger partial charge in [-0.25, -0.2) is 9.97 Å². The van der Waals surface area contributed by atoms with E-state index in [2.05, 4.69) is 20.1 Å². The highest BCUT2D eigenvalue weighted by molar-refractivity contribution is 5.91. The third-order valence-electron chi connectivity index (χ3n) is 4.17. The summed E-state index contributed by atoms with van der Waals surface area (Å²) in [5.41, 5.74) is 4.01. The Kier molecular flexibility index (Phi) is 3.74. The number of pyridine rings is 1. The number of aromatic nitrogens is 4. The minimum atomic E-state index is -0.140. The Bertz CT molecular complexity index is 849. The van der Waals surface area contributed by atoms with E-state index in [1.54, 1.807) is 29.7 Å². The minimum Gasteiger partial charge on any atom is -0.351 e. The quantitative estimate of drug-likeness (QED) is 0.715. The molecule has 7 nitrogen and oxygen atoms in total. The fraction of sp³-hybridized carbons (Fsp3) is 0.235. The van der Waals surface area contributed by atoms with E-state index >= 15 is 0 Å². The first-order valence-corrected chi connectivity index (χ1v) is 7.76. The molecule has 0 saturated heterocycles. The van der Waals surface area contributed by atoms with E-state index in [4.69, 9.17) is 4.52 Å². The molecule has 1 aliphatic heterocycles. The van der Waals surface area contributed by atoms with E-state index in [0.717, 1.165) is 22.5 Å². The molecule has 4 rings (SSSR count). The average Bonchev–Trinajstić information content (AvgIpc) is 3.08. The minimum absolute atomic E-state index is 0.140. The maximum atomic E-state index is 12.5. The Labute approximate surface area is 138 Å². The number of amides is 1. The van der Waals surface area contributed by atoms with Gasteiger partial charge in [-0.2, -0.15) is 0 Å². The van der Waals surface area contributed by atoms with Crippen molar-refractivity contribution in [2.24, 2.45) is 0 Å². The van der Waals surface area contributed by atoms with Gasteiger partial charge in [-0.1, -0.05) is 5.16 Å². The standard InChI is InChI=1S/C17H15N5O2/c23-17(15-3-8-21-24-15)22-9-4-13-14(5-10-22)19-11-20-16(13)12-1-6-18-7-2-12/h1-3,6-8,11H,4-5,9-10H2. The SMILES string of the molecule is O=C(c1ccno1)N1CCc2ncnc(-c3ccncc3)c2CC1. The molecule has 1 amide bonds. The summed E-state index contributed by atoms with van der Waals surface area (Å²) in [4.78, 5) is 27.2. The third kappa shape index (κ3) is 2.64. The van der Waals surface area contributed by atoms with E-state index in [1.165, 1.54) is 6.20 Å². The van der Waals surface area contributed by atoms with Crippen LogP contribution in [-0.2, 0) is 12.8 Å². The van der Waals surface area contributed by atoms with Gasteiger partial charge in [-0.15, -0.1) is 0 Å². The van der Waals surface area contributed by atoms with Crippen molar-refractivity contribution in [1.29, 1.82) is 0 Å². The van der Waals surface area contributed by atoms with Gasteiger partial charge in [0.15, 0.2) is 0 Å². The highest BCUT2D eigenvalue weighted by Gasteiger charge is 2.24. The van der Waals surface area contributed by atoms with E-state index in [-0.39, 0.29) is 11.7 Å². The molecule has 1 aliphatic rings. The van der Waals surface area contributed by atoms with Gasteiger partial charge >= 0.3 is 0 Å². The Morgan fingerprint density at radius 3 is 2.67 bits per heavy atom. The number of hydrogen-bond acceptors (Lipinski definition) is 6. The van der Waals surface area contributed by atoms with Gasteiger partial charge in [-0.05, 0) is 18.6 Å². The average molecular weight is 321 g/mol. The first-order valence-electron chi connectivity index (χ1n) is 7.76. The van der Waals surface area contributed by atoms with Crippen molar-refractivity contribution in [3.63, 3.8) is 0 Å². The molecule has 4 heterocycles. The third-order valence-corrected chi connectivity index (χ3v) is 4.17. The molecule has 3 aromatic rings. The van der Waals surface area contributed by atoms with Crippen LogP contribution < -0.4 is 0 Å². The van der Waals surface area contributed by atoms with Crippen molar-refractivity contribution in [3.05, 3.63) is 60.1 Å². The Morgan fingerprint density at radius 1 is 1.04 bits per heavy atom. The van der Waals surface area contributed by atoms with Crippen molar-refractivity contribution in [3.8, 4) is 11.3 Å². The summed E-state index contributed by atoms with van der Waals surface area (Å²) in [6, 6.07) is 5.46. The van der Waals surface area contributed by atoms with Crippen molar-refractivity contribution in [2.45, 2.75) is 12.8 Å². The van der Waals surface area contributed by atoms with Crippen LogP contribution >= 0.6 is 0 Å². The molecule has 0 fully saturated rings. The topological polar surface area (TPSA) is 85.0 Å². The van der Waals surface area contributed by atoms with Gasteiger partial charge in [0.1, 0.15) is 6.33 Å². The number of carbonyl (C=O) groups is 1. The molecular formula is C17H15N5O2. The normalized spacial score (nSPS) is 14.1. The Morgan fingerprint density at radius 2 is 1.88 bits per heavy atom. The van der Waals surface area contributed by atoms with Crippen molar-refractivity contribution in [1.82, 2.24) is 25.0 Å². The van der Waals surface area contributed by atoms with Crippen molar-refractivity contribution in [2.75, 3.05) is 13.1 Å². The van der Waals surface area contributed by atoms with Gasteiger partial charge in [0, 0.05) is 54.8 Å². The summed E-state index contributed by atoms with van der Waals surface area (Å²) in [6.07, 6.45) is 7.96. The van der Waals surface area contributed by atoms with Crippen LogP contribution in [0, 0.1) is 0 Å². The highest BCUT2D eigenvalue weighted by Crippen LogP contribution is 2.25. The zero-order valence-electron chi connectivity index (χ0n) is 12.9. The maximum absolute atomic E-state index is 12.5. The van der Waals surface area contributed by atoms with Crippen LogP contribution in [-0.4, -0.2) is 44.0 Å². The molecule has 0 saturated carbocycles. The van der Waals surface area contributed by atoms with Crippen LogP contribution in [0.25, 0.3) is 11.3 Å². The van der Waals surface area contributed by atoms with Crippen LogP contribution in [0.15, 0.2) is 47.6 Å². The van der Waals surface area contributed by atoms with E-state index in [9.17, 15) is 4.79 Å². The lowest BCUT2D eigenvalue weighted by atomic mass is 10.0. The second-order valence-electron chi connectivity index (χ2n) is 5.55. The second-order valence-corrected chi connectivity index (χ2v) is 5.55. The predicted molar refractivity (Wildman–Crippen MR) is 85.1 cm³/mol. The number of hydrogen-bond donors (Lipinski definition) is 0. The first-order chi connectivity index (χ1) is 11.8. The van der Waals surface area contributed by atoms with Crippen LogP contribution in [0.3, 0.4) is 0 Å². The Balaban J connectivity index is 1.63. The molecular weight excluding hydrogens is 306 g/mol. The van der Waals surface area contributed by atoms with Gasteiger partial charge in [-0.3, -0.25) is 9.78 Å². The van der Waals surface area contributed by atoms with Crippen LogP contribution in [0.1, 0.15) is 21.8 Å². The summed E-state index contributed by atoms with van der Waals surface area (Å²) in [6.45, 7) is 1.19. The molecule has 120 valence electrons. The lowest BCUT2D eigenvalue weighted by molar-refractivity contribution is 0.0721. The van der Waals surface area contributed by atoms with Crippen LogP contribution in [0.4, 0.5) is 0 Å². The van der Waals surface area contributed by atoms with E-state index in [0.29, 0.717) is 25.9 Å². The fourth-order valence-electron chi connectivity index (χ4n) is 2.97. The molecule has 0 radical (unpaired) electrons. The zero-order valence-corrected chi connectivity index (χ0v) is 12.9. The maximum Gasteiger partial charge on any atom is 0.292 e. The summed E-state index contributed by atoms with van der Waals surface area (Å²) in [5.74, 6) is 0.125. The monoisotopic (exact) mass is 321 g/mol. The van der Waals surface area contributed by atoms with Crippen molar-refractivity contribution < 1.29 is 9.32 Å². The molecule has 0 aliphatic carbocycles. The van der Waals surface area contributed by atoms with Crippen LogP contribution in [0.2, 0.25) is 0 Å². The summed E-state index contributed by atoms with van der Waals surface area (Å²) >= 11 is 0.